The lowest BCUT2D eigenvalue weighted by Gasteiger charge is -2.31. The summed E-state index contributed by atoms with van der Waals surface area (Å²) in [6, 6.07) is 0.717. The van der Waals surface area contributed by atoms with Crippen molar-refractivity contribution in [2.45, 2.75) is 44.2 Å². The van der Waals surface area contributed by atoms with Crippen LogP contribution in [0.1, 0.15) is 32.1 Å². The first-order valence-electron chi connectivity index (χ1n) is 7.35. The highest BCUT2D eigenvalue weighted by atomic mass is 16.5. The van der Waals surface area contributed by atoms with Crippen LogP contribution in [0.5, 0.6) is 0 Å². The molecule has 2 unspecified atom stereocenters. The van der Waals surface area contributed by atoms with E-state index in [1.54, 1.807) is 0 Å². The van der Waals surface area contributed by atoms with Crippen LogP contribution in [0.2, 0.25) is 0 Å². The molecular weight excluding hydrogens is 228 g/mol. The van der Waals surface area contributed by atoms with Crippen molar-refractivity contribution in [3.05, 3.63) is 0 Å². The Hall–Kier alpha value is -0.610. The van der Waals surface area contributed by atoms with Crippen molar-refractivity contribution in [3.63, 3.8) is 0 Å². The molecule has 1 aliphatic carbocycles. The Kier molecular flexibility index (Phi) is 3.57. The Bertz CT molecular complexity index is 317. The number of esters is 1. The van der Waals surface area contributed by atoms with E-state index < -0.39 is 0 Å². The SMILES string of the molecule is COC(=O)C(C1CC1)N1CCCN2CCCC2C1. The Balaban J connectivity index is 1.70. The van der Waals surface area contributed by atoms with Gasteiger partial charge < -0.3 is 4.74 Å². The summed E-state index contributed by atoms with van der Waals surface area (Å²) in [5.74, 6) is 0.550. The van der Waals surface area contributed by atoms with Gasteiger partial charge in [-0.1, -0.05) is 0 Å². The third kappa shape index (κ3) is 2.41. The van der Waals surface area contributed by atoms with E-state index in [1.807, 2.05) is 0 Å². The number of ether oxygens (including phenoxy) is 1. The van der Waals surface area contributed by atoms with Crippen molar-refractivity contribution in [2.24, 2.45) is 5.92 Å². The van der Waals surface area contributed by atoms with Crippen LogP contribution >= 0.6 is 0 Å². The van der Waals surface area contributed by atoms with Crippen LogP contribution in [0.25, 0.3) is 0 Å². The highest BCUT2D eigenvalue weighted by molar-refractivity contribution is 5.76. The van der Waals surface area contributed by atoms with E-state index in [-0.39, 0.29) is 12.0 Å². The molecule has 0 aromatic rings. The molecule has 2 saturated heterocycles. The van der Waals surface area contributed by atoms with Crippen LogP contribution in [-0.4, -0.2) is 61.1 Å². The summed E-state index contributed by atoms with van der Waals surface area (Å²) < 4.78 is 5.02. The molecule has 0 aromatic heterocycles. The number of carbonyl (C=O) groups excluding carboxylic acids is 1. The lowest BCUT2D eigenvalue weighted by atomic mass is 10.1. The molecule has 3 aliphatic rings. The minimum Gasteiger partial charge on any atom is -0.468 e. The molecule has 0 radical (unpaired) electrons. The van der Waals surface area contributed by atoms with Gasteiger partial charge in [0.15, 0.2) is 0 Å². The van der Waals surface area contributed by atoms with Crippen LogP contribution in [0.3, 0.4) is 0 Å². The smallest absolute Gasteiger partial charge is 0.323 e. The Morgan fingerprint density at radius 2 is 1.94 bits per heavy atom. The molecular formula is C14H24N2O2. The van der Waals surface area contributed by atoms with Crippen molar-refractivity contribution in [2.75, 3.05) is 33.3 Å². The molecule has 0 amide bonds. The second-order valence-corrected chi connectivity index (χ2v) is 5.99. The number of rotatable bonds is 3. The average molecular weight is 252 g/mol. The summed E-state index contributed by atoms with van der Waals surface area (Å²) in [6.45, 7) is 4.59. The van der Waals surface area contributed by atoms with Crippen molar-refractivity contribution in [1.82, 2.24) is 9.80 Å². The summed E-state index contributed by atoms with van der Waals surface area (Å²) in [5.41, 5.74) is 0. The highest BCUT2D eigenvalue weighted by Gasteiger charge is 2.43. The largest absolute Gasteiger partial charge is 0.468 e. The monoisotopic (exact) mass is 252 g/mol. The molecule has 102 valence electrons. The third-order valence-electron chi connectivity index (χ3n) is 4.74. The first kappa shape index (κ1) is 12.4. The van der Waals surface area contributed by atoms with Crippen LogP contribution in [0.4, 0.5) is 0 Å². The second kappa shape index (κ2) is 5.17. The summed E-state index contributed by atoms with van der Waals surface area (Å²) >= 11 is 0. The van der Waals surface area contributed by atoms with Crippen LogP contribution in [0.15, 0.2) is 0 Å². The molecule has 2 heterocycles. The summed E-state index contributed by atoms with van der Waals surface area (Å²) in [4.78, 5) is 17.0. The van der Waals surface area contributed by atoms with Crippen molar-refractivity contribution in [3.8, 4) is 0 Å². The first-order chi connectivity index (χ1) is 8.79. The zero-order valence-electron chi connectivity index (χ0n) is 11.3. The lowest BCUT2D eigenvalue weighted by molar-refractivity contribution is -0.148. The van der Waals surface area contributed by atoms with E-state index in [1.165, 1.54) is 52.3 Å². The lowest BCUT2D eigenvalue weighted by Crippen LogP contribution is -2.47. The normalized spacial score (nSPS) is 31.7. The fraction of sp³-hybridized carbons (Fsp3) is 0.929. The van der Waals surface area contributed by atoms with Crippen molar-refractivity contribution >= 4 is 5.97 Å². The third-order valence-corrected chi connectivity index (χ3v) is 4.74. The van der Waals surface area contributed by atoms with Gasteiger partial charge in [0.1, 0.15) is 6.04 Å². The predicted molar refractivity (Wildman–Crippen MR) is 69.3 cm³/mol. The van der Waals surface area contributed by atoms with Crippen LogP contribution < -0.4 is 0 Å². The number of carbonyl (C=O) groups is 1. The van der Waals surface area contributed by atoms with Gasteiger partial charge in [-0.3, -0.25) is 14.6 Å². The molecule has 4 heteroatoms. The maximum atomic E-state index is 12.0. The minimum atomic E-state index is -0.0102. The Labute approximate surface area is 109 Å². The van der Waals surface area contributed by atoms with E-state index >= 15 is 0 Å². The molecule has 2 aliphatic heterocycles. The molecule has 18 heavy (non-hydrogen) atoms. The van der Waals surface area contributed by atoms with E-state index in [0.29, 0.717) is 12.0 Å². The van der Waals surface area contributed by atoms with Gasteiger partial charge in [-0.2, -0.15) is 0 Å². The number of hydrogen-bond acceptors (Lipinski definition) is 4. The topological polar surface area (TPSA) is 32.8 Å². The first-order valence-corrected chi connectivity index (χ1v) is 7.35. The van der Waals surface area contributed by atoms with E-state index in [9.17, 15) is 4.79 Å². The molecule has 1 saturated carbocycles. The maximum Gasteiger partial charge on any atom is 0.323 e. The molecule has 0 bridgehead atoms. The zero-order chi connectivity index (χ0) is 12.5. The summed E-state index contributed by atoms with van der Waals surface area (Å²) in [6.07, 6.45) is 6.21. The van der Waals surface area contributed by atoms with Crippen molar-refractivity contribution in [1.29, 1.82) is 0 Å². The van der Waals surface area contributed by atoms with E-state index in [2.05, 4.69) is 9.80 Å². The number of hydrogen-bond donors (Lipinski definition) is 0. The van der Waals surface area contributed by atoms with Gasteiger partial charge in [-0.05, 0) is 51.1 Å². The fourth-order valence-corrected chi connectivity index (χ4v) is 3.66. The molecule has 0 aromatic carbocycles. The van der Waals surface area contributed by atoms with Gasteiger partial charge in [0.05, 0.1) is 7.11 Å². The molecule has 0 N–H and O–H groups in total. The number of nitrogens with zero attached hydrogens (tertiary/aromatic N) is 2. The molecule has 4 nitrogen and oxygen atoms in total. The molecule has 3 rings (SSSR count). The van der Waals surface area contributed by atoms with Gasteiger partial charge in [-0.25, -0.2) is 0 Å². The van der Waals surface area contributed by atoms with Gasteiger partial charge >= 0.3 is 5.97 Å². The zero-order valence-corrected chi connectivity index (χ0v) is 11.3. The Morgan fingerprint density at radius 1 is 1.17 bits per heavy atom. The molecule has 3 fully saturated rings. The van der Waals surface area contributed by atoms with Crippen LogP contribution in [-0.2, 0) is 9.53 Å². The minimum absolute atomic E-state index is 0.0102. The average Bonchev–Trinajstić information content (AvgIpc) is 3.14. The Morgan fingerprint density at radius 3 is 2.67 bits per heavy atom. The predicted octanol–water partition coefficient (Wildman–Crippen LogP) is 1.11. The summed E-state index contributed by atoms with van der Waals surface area (Å²) in [5, 5.41) is 0. The van der Waals surface area contributed by atoms with Crippen molar-refractivity contribution < 1.29 is 9.53 Å². The van der Waals surface area contributed by atoms with Gasteiger partial charge in [-0.15, -0.1) is 0 Å². The second-order valence-electron chi connectivity index (χ2n) is 5.99. The maximum absolute atomic E-state index is 12.0. The van der Waals surface area contributed by atoms with Crippen LogP contribution in [0, 0.1) is 5.92 Å². The van der Waals surface area contributed by atoms with Gasteiger partial charge in [0, 0.05) is 19.1 Å². The van der Waals surface area contributed by atoms with Gasteiger partial charge in [0.25, 0.3) is 0 Å². The number of fused-ring (bicyclic) bond motifs is 1. The molecule has 0 spiro atoms. The standard InChI is InChI=1S/C14H24N2O2/c1-18-14(17)13(11-5-6-11)16-9-3-8-15-7-2-4-12(15)10-16/h11-13H,2-10H2,1H3. The summed E-state index contributed by atoms with van der Waals surface area (Å²) in [7, 11) is 1.53. The molecule has 2 atom stereocenters. The number of methoxy groups -OCH3 is 1. The highest BCUT2D eigenvalue weighted by Crippen LogP contribution is 2.37. The fourth-order valence-electron chi connectivity index (χ4n) is 3.66. The quantitative estimate of drug-likeness (QED) is 0.704. The van der Waals surface area contributed by atoms with E-state index in [4.69, 9.17) is 4.74 Å². The van der Waals surface area contributed by atoms with Gasteiger partial charge in [0.2, 0.25) is 0 Å². The van der Waals surface area contributed by atoms with E-state index in [0.717, 1.165) is 13.1 Å².